The first kappa shape index (κ1) is 9.66. The molecular weight excluding hydrogens is 164 g/mol. The molecule has 0 saturated carbocycles. The lowest BCUT2D eigenvalue weighted by atomic mass is 10.1. The lowest BCUT2D eigenvalue weighted by Gasteiger charge is -2.26. The quantitative estimate of drug-likeness (QED) is 0.625. The summed E-state index contributed by atoms with van der Waals surface area (Å²) in [5, 5.41) is 0. The van der Waals surface area contributed by atoms with Gasteiger partial charge in [0.2, 0.25) is 0 Å². The van der Waals surface area contributed by atoms with Crippen LogP contribution in [0, 0.1) is 13.8 Å². The second-order valence-corrected chi connectivity index (χ2v) is 8.23. The van der Waals surface area contributed by atoms with Gasteiger partial charge < -0.3 is 0 Å². The Morgan fingerprint density at radius 1 is 0.917 bits per heavy atom. The van der Waals surface area contributed by atoms with Crippen LogP contribution in [0.2, 0.25) is 0 Å². The summed E-state index contributed by atoms with van der Waals surface area (Å²) < 4.78 is 0. The topological polar surface area (TPSA) is 0 Å². The molecule has 12 heavy (non-hydrogen) atoms. The minimum Gasteiger partial charge on any atom is -0.223 e. The Morgan fingerprint density at radius 2 is 1.50 bits per heavy atom. The monoisotopic (exact) mass is 182 g/mol. The van der Waals surface area contributed by atoms with Crippen molar-refractivity contribution in [3.8, 4) is 0 Å². The number of aryl methyl sites for hydroxylation is 2. The molecule has 0 nitrogen and oxygen atoms in total. The fraction of sp³-hybridized carbons (Fsp3) is 0.455. The summed E-state index contributed by atoms with van der Waals surface area (Å²) >= 11 is 0. The van der Waals surface area contributed by atoms with Crippen LogP contribution < -0.4 is 0 Å². The van der Waals surface area contributed by atoms with Gasteiger partial charge >= 0.3 is 0 Å². The van der Waals surface area contributed by atoms with E-state index >= 15 is 0 Å². The van der Waals surface area contributed by atoms with Crippen molar-refractivity contribution in [1.82, 2.24) is 0 Å². The molecule has 0 aliphatic heterocycles. The van der Waals surface area contributed by atoms with E-state index in [1.807, 2.05) is 0 Å². The van der Waals surface area contributed by atoms with Crippen LogP contribution in [0.15, 0.2) is 23.1 Å². The molecule has 0 radical (unpaired) electrons. The Morgan fingerprint density at radius 3 is 1.92 bits per heavy atom. The minimum absolute atomic E-state index is 0.542. The van der Waals surface area contributed by atoms with Crippen LogP contribution in [0.3, 0.4) is 0 Å². The van der Waals surface area contributed by atoms with Gasteiger partial charge in [0.25, 0.3) is 0 Å². The van der Waals surface area contributed by atoms with Gasteiger partial charge in [-0.1, -0.05) is 6.07 Å². The van der Waals surface area contributed by atoms with E-state index < -0.39 is 10.0 Å². The van der Waals surface area contributed by atoms with Crippen LogP contribution in [-0.2, 0) is 0 Å². The Labute approximate surface area is 77.3 Å². The molecule has 1 heteroatoms. The second kappa shape index (κ2) is 3.14. The van der Waals surface area contributed by atoms with Crippen molar-refractivity contribution in [3.63, 3.8) is 0 Å². The summed E-state index contributed by atoms with van der Waals surface area (Å²) in [5.74, 6) is 0. The van der Waals surface area contributed by atoms with Crippen LogP contribution >= 0.6 is 10.0 Å². The number of rotatable bonds is 1. The van der Waals surface area contributed by atoms with Crippen LogP contribution in [0.5, 0.6) is 0 Å². The Kier molecular flexibility index (Phi) is 2.52. The summed E-state index contributed by atoms with van der Waals surface area (Å²) in [5.41, 5.74) is 2.80. The van der Waals surface area contributed by atoms with Gasteiger partial charge in [-0.15, -0.1) is 0 Å². The van der Waals surface area contributed by atoms with Gasteiger partial charge in [0.15, 0.2) is 0 Å². The minimum atomic E-state index is -0.542. The molecule has 0 unspecified atom stereocenters. The van der Waals surface area contributed by atoms with Crippen molar-refractivity contribution in [2.24, 2.45) is 0 Å². The molecule has 0 spiro atoms. The highest BCUT2D eigenvalue weighted by atomic mass is 32.3. The van der Waals surface area contributed by atoms with Gasteiger partial charge in [-0.2, -0.15) is 0 Å². The zero-order valence-corrected chi connectivity index (χ0v) is 9.46. The van der Waals surface area contributed by atoms with Crippen LogP contribution in [0.25, 0.3) is 0 Å². The fourth-order valence-corrected chi connectivity index (χ4v) is 2.10. The second-order valence-electron chi connectivity index (χ2n) is 4.08. The van der Waals surface area contributed by atoms with Crippen molar-refractivity contribution < 1.29 is 0 Å². The fourth-order valence-electron chi connectivity index (χ4n) is 1.09. The third kappa shape index (κ3) is 2.04. The van der Waals surface area contributed by atoms with Gasteiger partial charge in [0.1, 0.15) is 0 Å². The zero-order valence-electron chi connectivity index (χ0n) is 8.64. The van der Waals surface area contributed by atoms with Crippen molar-refractivity contribution in [1.29, 1.82) is 0 Å². The molecule has 0 amide bonds. The highest BCUT2D eigenvalue weighted by molar-refractivity contribution is 8.32. The maximum atomic E-state index is 2.33. The Bertz CT molecular complexity index is 282. The molecule has 1 aromatic rings. The zero-order chi connectivity index (χ0) is 9.35. The first-order valence-corrected chi connectivity index (χ1v) is 7.02. The largest absolute Gasteiger partial charge is 0.223 e. The first-order chi connectivity index (χ1) is 5.41. The summed E-state index contributed by atoms with van der Waals surface area (Å²) in [6.07, 6.45) is 6.99. The van der Waals surface area contributed by atoms with Gasteiger partial charge in [0.05, 0.1) is 0 Å². The van der Waals surface area contributed by atoms with E-state index in [-0.39, 0.29) is 0 Å². The molecule has 0 aromatic heterocycles. The van der Waals surface area contributed by atoms with Crippen LogP contribution in [-0.4, -0.2) is 18.8 Å². The summed E-state index contributed by atoms with van der Waals surface area (Å²) in [4.78, 5) is 1.51. The van der Waals surface area contributed by atoms with E-state index in [0.717, 1.165) is 0 Å². The van der Waals surface area contributed by atoms with Crippen molar-refractivity contribution in [3.05, 3.63) is 29.3 Å². The maximum Gasteiger partial charge on any atom is -0.0104 e. The average Bonchev–Trinajstić information content (AvgIpc) is 1.92. The van der Waals surface area contributed by atoms with Crippen molar-refractivity contribution >= 4 is 10.0 Å². The molecule has 0 bridgehead atoms. The number of benzene rings is 1. The third-order valence-electron chi connectivity index (χ3n) is 2.19. The molecule has 1 rings (SSSR count). The van der Waals surface area contributed by atoms with Crippen molar-refractivity contribution in [2.45, 2.75) is 18.7 Å². The van der Waals surface area contributed by atoms with Crippen molar-refractivity contribution in [2.75, 3.05) is 18.8 Å². The first-order valence-electron chi connectivity index (χ1n) is 4.17. The number of hydrogen-bond donors (Lipinski definition) is 0. The molecule has 0 aliphatic rings. The summed E-state index contributed by atoms with van der Waals surface area (Å²) in [6.45, 7) is 4.35. The molecule has 0 N–H and O–H groups in total. The highest BCUT2D eigenvalue weighted by Crippen LogP contribution is 2.45. The molecule has 1 aromatic carbocycles. The normalized spacial score (nSPS) is 13.1. The van der Waals surface area contributed by atoms with E-state index in [1.165, 1.54) is 16.0 Å². The molecular formula is C11H18S. The SMILES string of the molecule is Cc1ccc(S(C)(C)C)cc1C. The molecule has 0 atom stereocenters. The van der Waals surface area contributed by atoms with Gasteiger partial charge in [0, 0.05) is 0 Å². The average molecular weight is 182 g/mol. The van der Waals surface area contributed by atoms with E-state index in [0.29, 0.717) is 0 Å². The van der Waals surface area contributed by atoms with Gasteiger partial charge in [-0.25, -0.2) is 10.0 Å². The standard InChI is InChI=1S/C11H18S/c1-9-6-7-11(8-10(9)2)12(3,4)5/h6-8H,1-5H3. The molecule has 0 aliphatic carbocycles. The van der Waals surface area contributed by atoms with E-state index in [2.05, 4.69) is 50.8 Å². The smallest absolute Gasteiger partial charge is 0.0104 e. The van der Waals surface area contributed by atoms with E-state index in [9.17, 15) is 0 Å². The lowest BCUT2D eigenvalue weighted by molar-refractivity contribution is 1.27. The van der Waals surface area contributed by atoms with E-state index in [4.69, 9.17) is 0 Å². The lowest BCUT2D eigenvalue weighted by Crippen LogP contribution is -1.94. The highest BCUT2D eigenvalue weighted by Gasteiger charge is 2.07. The molecule has 0 heterocycles. The molecule has 0 fully saturated rings. The Balaban J connectivity index is 3.14. The van der Waals surface area contributed by atoms with Gasteiger partial charge in [-0.3, -0.25) is 0 Å². The number of hydrogen-bond acceptors (Lipinski definition) is 0. The summed E-state index contributed by atoms with van der Waals surface area (Å²) in [7, 11) is -0.542. The predicted octanol–water partition coefficient (Wildman–Crippen LogP) is 3.36. The molecule has 0 saturated heterocycles. The van der Waals surface area contributed by atoms with Crippen LogP contribution in [0.1, 0.15) is 11.1 Å². The molecule has 68 valence electrons. The van der Waals surface area contributed by atoms with Crippen LogP contribution in [0.4, 0.5) is 0 Å². The van der Waals surface area contributed by atoms with Gasteiger partial charge in [-0.05, 0) is 60.8 Å². The van der Waals surface area contributed by atoms with E-state index in [1.54, 1.807) is 0 Å². The Hall–Kier alpha value is -0.430. The maximum absolute atomic E-state index is 2.33. The summed E-state index contributed by atoms with van der Waals surface area (Å²) in [6, 6.07) is 6.81. The third-order valence-corrected chi connectivity index (χ3v) is 3.85. The predicted molar refractivity (Wildman–Crippen MR) is 59.5 cm³/mol.